The summed E-state index contributed by atoms with van der Waals surface area (Å²) in [5, 5.41) is 9.11. The molecule has 4 heteroatoms. The van der Waals surface area contributed by atoms with Crippen molar-refractivity contribution in [1.29, 1.82) is 0 Å². The van der Waals surface area contributed by atoms with E-state index < -0.39 is 17.9 Å². The molecule has 1 aliphatic carbocycles. The molecule has 0 radical (unpaired) electrons. The van der Waals surface area contributed by atoms with Gasteiger partial charge in [0.25, 0.3) is 5.91 Å². The highest BCUT2D eigenvalue weighted by atomic mass is 16.4. The fraction of sp³-hybridized carbons (Fsp3) is 0.636. The van der Waals surface area contributed by atoms with Gasteiger partial charge in [-0.25, -0.2) is 4.79 Å². The van der Waals surface area contributed by atoms with Crippen LogP contribution in [0.1, 0.15) is 19.3 Å². The third-order valence-corrected chi connectivity index (χ3v) is 3.53. The molecule has 3 unspecified atom stereocenters. The third-order valence-electron chi connectivity index (χ3n) is 3.53. The summed E-state index contributed by atoms with van der Waals surface area (Å²) in [4.78, 5) is 23.8. The summed E-state index contributed by atoms with van der Waals surface area (Å²) in [6.07, 6.45) is 8.01. The van der Waals surface area contributed by atoms with Crippen LogP contribution in [0.2, 0.25) is 0 Å². The Balaban J connectivity index is 2.23. The maximum Gasteiger partial charge on any atom is 0.326 e. The van der Waals surface area contributed by atoms with Crippen molar-refractivity contribution in [2.45, 2.75) is 25.3 Å². The summed E-state index contributed by atoms with van der Waals surface area (Å²) in [6.45, 7) is 0.519. The first-order valence-electron chi connectivity index (χ1n) is 5.15. The quantitative estimate of drug-likeness (QED) is 0.630. The topological polar surface area (TPSA) is 57.6 Å². The molecular weight excluding hydrogens is 194 g/mol. The lowest BCUT2D eigenvalue weighted by Gasteiger charge is -2.21. The molecule has 15 heavy (non-hydrogen) atoms. The highest BCUT2D eigenvalue weighted by molar-refractivity contribution is 5.96. The fourth-order valence-electron chi connectivity index (χ4n) is 2.91. The third kappa shape index (κ3) is 1.48. The van der Waals surface area contributed by atoms with E-state index >= 15 is 0 Å². The molecule has 0 aromatic carbocycles. The van der Waals surface area contributed by atoms with Crippen LogP contribution < -0.4 is 0 Å². The zero-order valence-corrected chi connectivity index (χ0v) is 8.35. The minimum Gasteiger partial charge on any atom is -0.480 e. The van der Waals surface area contributed by atoms with Crippen LogP contribution in [0.3, 0.4) is 0 Å². The van der Waals surface area contributed by atoms with Crippen molar-refractivity contribution in [3.63, 3.8) is 0 Å². The second kappa shape index (κ2) is 3.58. The van der Waals surface area contributed by atoms with Crippen LogP contribution in [0.4, 0.5) is 0 Å². The van der Waals surface area contributed by atoms with Crippen molar-refractivity contribution < 1.29 is 14.7 Å². The molecule has 2 rings (SSSR count). The molecule has 0 aromatic rings. The number of terminal acetylenes is 1. The standard InChI is InChI=1S/C11H13NO3/c1-2-9(13)12-6-7-4-3-5-8(7)10(12)11(14)15/h1,7-8,10H,3-6H2,(H,14,15). The van der Waals surface area contributed by atoms with Crippen molar-refractivity contribution in [1.82, 2.24) is 4.90 Å². The highest BCUT2D eigenvalue weighted by Crippen LogP contribution is 2.42. The Hall–Kier alpha value is -1.50. The Labute approximate surface area is 88.3 Å². The van der Waals surface area contributed by atoms with Gasteiger partial charge in [-0.15, -0.1) is 6.42 Å². The number of rotatable bonds is 1. The Morgan fingerprint density at radius 1 is 1.40 bits per heavy atom. The molecule has 1 saturated carbocycles. The van der Waals surface area contributed by atoms with E-state index in [0.29, 0.717) is 12.5 Å². The summed E-state index contributed by atoms with van der Waals surface area (Å²) < 4.78 is 0. The van der Waals surface area contributed by atoms with Crippen molar-refractivity contribution in [3.05, 3.63) is 0 Å². The van der Waals surface area contributed by atoms with E-state index in [2.05, 4.69) is 0 Å². The number of hydrogen-bond donors (Lipinski definition) is 1. The summed E-state index contributed by atoms with van der Waals surface area (Å²) in [5.41, 5.74) is 0. The fourth-order valence-corrected chi connectivity index (χ4v) is 2.91. The van der Waals surface area contributed by atoms with Crippen molar-refractivity contribution in [2.75, 3.05) is 6.54 Å². The lowest BCUT2D eigenvalue weighted by atomic mass is 9.94. The van der Waals surface area contributed by atoms with Crippen LogP contribution in [0, 0.1) is 24.2 Å². The maximum atomic E-state index is 11.4. The Kier molecular flexibility index (Phi) is 2.39. The van der Waals surface area contributed by atoms with Crippen LogP contribution in [-0.4, -0.2) is 34.5 Å². The first-order chi connectivity index (χ1) is 7.15. The molecule has 1 heterocycles. The average Bonchev–Trinajstić information content (AvgIpc) is 2.73. The number of likely N-dealkylation sites (tertiary alicyclic amines) is 1. The van der Waals surface area contributed by atoms with Crippen LogP contribution in [0.5, 0.6) is 0 Å². The molecule has 2 aliphatic rings. The molecule has 80 valence electrons. The zero-order valence-electron chi connectivity index (χ0n) is 8.35. The van der Waals surface area contributed by atoms with Crippen LogP contribution in [-0.2, 0) is 9.59 Å². The van der Waals surface area contributed by atoms with Gasteiger partial charge in [-0.3, -0.25) is 4.79 Å². The van der Waals surface area contributed by atoms with Gasteiger partial charge in [-0.05, 0) is 30.6 Å². The smallest absolute Gasteiger partial charge is 0.326 e. The number of carbonyl (C=O) groups excluding carboxylic acids is 1. The van der Waals surface area contributed by atoms with Crippen molar-refractivity contribution in [2.24, 2.45) is 11.8 Å². The second-order valence-corrected chi connectivity index (χ2v) is 4.24. The predicted molar refractivity (Wildman–Crippen MR) is 52.8 cm³/mol. The molecule has 1 N–H and O–H groups in total. The molecule has 3 atom stereocenters. The van der Waals surface area contributed by atoms with E-state index in [-0.39, 0.29) is 5.92 Å². The molecular formula is C11H13NO3. The van der Waals surface area contributed by atoms with E-state index in [9.17, 15) is 9.59 Å². The number of carbonyl (C=O) groups is 2. The van der Waals surface area contributed by atoms with Crippen LogP contribution in [0.25, 0.3) is 0 Å². The number of carboxylic acids is 1. The van der Waals surface area contributed by atoms with Crippen LogP contribution >= 0.6 is 0 Å². The number of hydrogen-bond acceptors (Lipinski definition) is 2. The number of fused-ring (bicyclic) bond motifs is 1. The van der Waals surface area contributed by atoms with Crippen LogP contribution in [0.15, 0.2) is 0 Å². The number of carboxylic acid groups (broad SMARTS) is 1. The van der Waals surface area contributed by atoms with Gasteiger partial charge in [0.2, 0.25) is 0 Å². The summed E-state index contributed by atoms with van der Waals surface area (Å²) >= 11 is 0. The Bertz CT molecular complexity index is 344. The molecule has 0 aromatic heterocycles. The number of aliphatic carboxylic acids is 1. The van der Waals surface area contributed by atoms with Gasteiger partial charge >= 0.3 is 5.97 Å². The van der Waals surface area contributed by atoms with E-state index in [1.54, 1.807) is 0 Å². The van der Waals surface area contributed by atoms with Crippen molar-refractivity contribution >= 4 is 11.9 Å². The molecule has 1 amide bonds. The monoisotopic (exact) mass is 207 g/mol. The number of nitrogens with zero attached hydrogens (tertiary/aromatic N) is 1. The Morgan fingerprint density at radius 3 is 2.73 bits per heavy atom. The first kappa shape index (κ1) is 10.0. The molecule has 1 saturated heterocycles. The molecule has 2 fully saturated rings. The first-order valence-corrected chi connectivity index (χ1v) is 5.15. The predicted octanol–water partition coefficient (Wildman–Crippen LogP) is 0.331. The average molecular weight is 207 g/mol. The van der Waals surface area contributed by atoms with Gasteiger partial charge in [0, 0.05) is 6.54 Å². The summed E-state index contributed by atoms with van der Waals surface area (Å²) in [7, 11) is 0. The van der Waals surface area contributed by atoms with Gasteiger partial charge in [0.15, 0.2) is 0 Å². The maximum absolute atomic E-state index is 11.4. The minimum absolute atomic E-state index is 0.111. The van der Waals surface area contributed by atoms with E-state index in [1.165, 1.54) is 4.90 Å². The van der Waals surface area contributed by atoms with Gasteiger partial charge in [-0.1, -0.05) is 6.42 Å². The van der Waals surface area contributed by atoms with E-state index in [0.717, 1.165) is 19.3 Å². The lowest BCUT2D eigenvalue weighted by molar-refractivity contribution is -0.147. The molecule has 0 bridgehead atoms. The van der Waals surface area contributed by atoms with Gasteiger partial charge < -0.3 is 10.0 Å². The van der Waals surface area contributed by atoms with Gasteiger partial charge in [-0.2, -0.15) is 0 Å². The molecule has 0 spiro atoms. The summed E-state index contributed by atoms with van der Waals surface area (Å²) in [6, 6.07) is -0.693. The second-order valence-electron chi connectivity index (χ2n) is 4.24. The lowest BCUT2D eigenvalue weighted by Crippen LogP contribution is -2.42. The van der Waals surface area contributed by atoms with Gasteiger partial charge in [0.05, 0.1) is 0 Å². The normalized spacial score (nSPS) is 33.5. The van der Waals surface area contributed by atoms with E-state index in [4.69, 9.17) is 11.5 Å². The molecule has 4 nitrogen and oxygen atoms in total. The number of amides is 1. The Morgan fingerprint density at radius 2 is 2.13 bits per heavy atom. The SMILES string of the molecule is C#CC(=O)N1CC2CCCC2C1C(=O)O. The van der Waals surface area contributed by atoms with Crippen molar-refractivity contribution in [3.8, 4) is 12.3 Å². The highest BCUT2D eigenvalue weighted by Gasteiger charge is 2.49. The zero-order chi connectivity index (χ0) is 11.0. The summed E-state index contributed by atoms with van der Waals surface area (Å²) in [5.74, 6) is 1.04. The largest absolute Gasteiger partial charge is 0.480 e. The van der Waals surface area contributed by atoms with E-state index in [1.807, 2.05) is 5.92 Å². The van der Waals surface area contributed by atoms with Gasteiger partial charge in [0.1, 0.15) is 6.04 Å². The molecule has 1 aliphatic heterocycles. The minimum atomic E-state index is -0.923.